The van der Waals surface area contributed by atoms with E-state index in [9.17, 15) is 4.39 Å². The van der Waals surface area contributed by atoms with E-state index in [2.05, 4.69) is 26.2 Å². The van der Waals surface area contributed by atoms with Crippen molar-refractivity contribution in [2.45, 2.75) is 6.54 Å². The lowest BCUT2D eigenvalue weighted by molar-refractivity contribution is 0.621. The fourth-order valence-electron chi connectivity index (χ4n) is 1.31. The fourth-order valence-corrected chi connectivity index (χ4v) is 1.69. The third-order valence-corrected chi connectivity index (χ3v) is 2.77. The van der Waals surface area contributed by atoms with Gasteiger partial charge in [-0.15, -0.1) is 0 Å². The highest BCUT2D eigenvalue weighted by Crippen LogP contribution is 2.20. The van der Waals surface area contributed by atoms with Crippen molar-refractivity contribution in [2.24, 2.45) is 0 Å². The molecule has 0 bridgehead atoms. The Morgan fingerprint density at radius 2 is 1.94 bits per heavy atom. The van der Waals surface area contributed by atoms with Crippen LogP contribution in [0.3, 0.4) is 0 Å². The van der Waals surface area contributed by atoms with E-state index >= 15 is 0 Å². The molecule has 4 heteroatoms. The van der Waals surface area contributed by atoms with Gasteiger partial charge in [0.25, 0.3) is 0 Å². The summed E-state index contributed by atoms with van der Waals surface area (Å²) >= 11 is 3.15. The normalized spacial score (nSPS) is 10.1. The predicted octanol–water partition coefficient (Wildman–Crippen LogP) is 3.60. The molecule has 1 heterocycles. The van der Waals surface area contributed by atoms with Crippen molar-refractivity contribution in [3.05, 3.63) is 58.6 Å². The van der Waals surface area contributed by atoms with E-state index in [0.29, 0.717) is 11.0 Å². The Kier molecular flexibility index (Phi) is 3.51. The zero-order chi connectivity index (χ0) is 11.4. The van der Waals surface area contributed by atoms with Gasteiger partial charge in [-0.1, -0.05) is 0 Å². The van der Waals surface area contributed by atoms with Crippen LogP contribution in [-0.4, -0.2) is 4.98 Å². The van der Waals surface area contributed by atoms with Gasteiger partial charge in [-0.2, -0.15) is 0 Å². The van der Waals surface area contributed by atoms with Gasteiger partial charge in [-0.25, -0.2) is 4.39 Å². The van der Waals surface area contributed by atoms with Gasteiger partial charge in [0.15, 0.2) is 0 Å². The molecule has 0 aliphatic carbocycles. The largest absolute Gasteiger partial charge is 0.381 e. The number of aromatic nitrogens is 1. The maximum absolute atomic E-state index is 13.0. The summed E-state index contributed by atoms with van der Waals surface area (Å²) in [5.41, 5.74) is 2.01. The highest BCUT2D eigenvalue weighted by molar-refractivity contribution is 9.10. The third kappa shape index (κ3) is 2.79. The van der Waals surface area contributed by atoms with Crippen LogP contribution in [0.25, 0.3) is 0 Å². The Morgan fingerprint density at radius 1 is 1.19 bits per heavy atom. The first kappa shape index (κ1) is 11.1. The van der Waals surface area contributed by atoms with E-state index in [-0.39, 0.29) is 5.82 Å². The fraction of sp³-hybridized carbons (Fsp3) is 0.0833. The Balaban J connectivity index is 2.03. The van der Waals surface area contributed by atoms with Crippen molar-refractivity contribution < 1.29 is 4.39 Å². The first-order chi connectivity index (χ1) is 7.75. The van der Waals surface area contributed by atoms with Gasteiger partial charge in [0.2, 0.25) is 0 Å². The van der Waals surface area contributed by atoms with Gasteiger partial charge in [-0.05, 0) is 51.8 Å². The SMILES string of the molecule is Fc1ccc(NCc2ccncc2)cc1Br. The molecule has 0 fully saturated rings. The van der Waals surface area contributed by atoms with E-state index in [1.165, 1.54) is 6.07 Å². The van der Waals surface area contributed by atoms with Crippen LogP contribution in [0.4, 0.5) is 10.1 Å². The Labute approximate surface area is 102 Å². The van der Waals surface area contributed by atoms with E-state index < -0.39 is 0 Å². The Bertz CT molecular complexity index is 474. The molecular weight excluding hydrogens is 271 g/mol. The van der Waals surface area contributed by atoms with Gasteiger partial charge in [0.05, 0.1) is 4.47 Å². The lowest BCUT2D eigenvalue weighted by Crippen LogP contribution is -1.99. The zero-order valence-electron chi connectivity index (χ0n) is 8.45. The molecule has 0 unspecified atom stereocenters. The summed E-state index contributed by atoms with van der Waals surface area (Å²) in [5.74, 6) is -0.255. The molecular formula is C12H10BrFN2. The number of hydrogen-bond donors (Lipinski definition) is 1. The smallest absolute Gasteiger partial charge is 0.137 e. The average molecular weight is 281 g/mol. The molecule has 0 aliphatic heterocycles. The van der Waals surface area contributed by atoms with Crippen molar-refractivity contribution in [3.63, 3.8) is 0 Å². The summed E-state index contributed by atoms with van der Waals surface area (Å²) in [5, 5.41) is 3.20. The molecule has 0 aliphatic rings. The second-order valence-corrected chi connectivity index (χ2v) is 4.19. The first-order valence-electron chi connectivity index (χ1n) is 4.83. The van der Waals surface area contributed by atoms with Crippen LogP contribution in [0.2, 0.25) is 0 Å². The second kappa shape index (κ2) is 5.07. The number of nitrogens with one attached hydrogen (secondary N) is 1. The van der Waals surface area contributed by atoms with Crippen LogP contribution in [0.15, 0.2) is 47.2 Å². The topological polar surface area (TPSA) is 24.9 Å². The van der Waals surface area contributed by atoms with Crippen molar-refractivity contribution in [2.75, 3.05) is 5.32 Å². The molecule has 1 aromatic carbocycles. The molecule has 1 aromatic heterocycles. The predicted molar refractivity (Wildman–Crippen MR) is 65.7 cm³/mol. The van der Waals surface area contributed by atoms with Gasteiger partial charge >= 0.3 is 0 Å². The Hall–Kier alpha value is -1.42. The molecule has 0 atom stereocenters. The second-order valence-electron chi connectivity index (χ2n) is 3.34. The number of rotatable bonds is 3. The minimum Gasteiger partial charge on any atom is -0.381 e. The number of benzene rings is 1. The van der Waals surface area contributed by atoms with E-state index in [1.807, 2.05) is 12.1 Å². The zero-order valence-corrected chi connectivity index (χ0v) is 10.0. The standard InChI is InChI=1S/C12H10BrFN2/c13-11-7-10(1-2-12(11)14)16-8-9-3-5-15-6-4-9/h1-7,16H,8H2. The first-order valence-corrected chi connectivity index (χ1v) is 5.63. The molecule has 1 N–H and O–H groups in total. The Morgan fingerprint density at radius 3 is 2.62 bits per heavy atom. The summed E-state index contributed by atoms with van der Waals surface area (Å²) in [6.07, 6.45) is 3.50. The monoisotopic (exact) mass is 280 g/mol. The van der Waals surface area contributed by atoms with E-state index in [1.54, 1.807) is 24.5 Å². The van der Waals surface area contributed by atoms with Crippen molar-refractivity contribution >= 4 is 21.6 Å². The van der Waals surface area contributed by atoms with Crippen LogP contribution in [-0.2, 0) is 6.54 Å². The maximum Gasteiger partial charge on any atom is 0.137 e. The van der Waals surface area contributed by atoms with Crippen LogP contribution in [0, 0.1) is 5.82 Å². The molecule has 82 valence electrons. The maximum atomic E-state index is 13.0. The average Bonchev–Trinajstić information content (AvgIpc) is 2.32. The van der Waals surface area contributed by atoms with Gasteiger partial charge in [0, 0.05) is 24.6 Å². The molecule has 2 aromatic rings. The van der Waals surface area contributed by atoms with Crippen molar-refractivity contribution in [1.29, 1.82) is 0 Å². The van der Waals surface area contributed by atoms with Crippen molar-refractivity contribution in [1.82, 2.24) is 4.98 Å². The van der Waals surface area contributed by atoms with E-state index in [4.69, 9.17) is 0 Å². The van der Waals surface area contributed by atoms with Gasteiger partial charge in [0.1, 0.15) is 5.82 Å². The number of pyridine rings is 1. The highest BCUT2D eigenvalue weighted by Gasteiger charge is 1.99. The van der Waals surface area contributed by atoms with Crippen LogP contribution >= 0.6 is 15.9 Å². The molecule has 16 heavy (non-hydrogen) atoms. The minimum atomic E-state index is -0.255. The summed E-state index contributed by atoms with van der Waals surface area (Å²) in [6.45, 7) is 0.695. The number of anilines is 1. The molecule has 2 nitrogen and oxygen atoms in total. The van der Waals surface area contributed by atoms with Gasteiger partial charge < -0.3 is 5.32 Å². The highest BCUT2D eigenvalue weighted by atomic mass is 79.9. The summed E-state index contributed by atoms with van der Waals surface area (Å²) in [6, 6.07) is 8.73. The lowest BCUT2D eigenvalue weighted by atomic mass is 10.2. The molecule has 0 spiro atoms. The molecule has 0 amide bonds. The molecule has 0 saturated carbocycles. The summed E-state index contributed by atoms with van der Waals surface area (Å²) in [4.78, 5) is 3.94. The quantitative estimate of drug-likeness (QED) is 0.929. The van der Waals surface area contributed by atoms with E-state index in [0.717, 1.165) is 11.3 Å². The molecule has 2 rings (SSSR count). The number of nitrogens with zero attached hydrogens (tertiary/aromatic N) is 1. The minimum absolute atomic E-state index is 0.255. The number of halogens is 2. The summed E-state index contributed by atoms with van der Waals surface area (Å²) < 4.78 is 13.4. The number of hydrogen-bond acceptors (Lipinski definition) is 2. The van der Waals surface area contributed by atoms with Crippen LogP contribution in [0.1, 0.15) is 5.56 Å². The van der Waals surface area contributed by atoms with Crippen LogP contribution in [0.5, 0.6) is 0 Å². The lowest BCUT2D eigenvalue weighted by Gasteiger charge is -2.06. The third-order valence-electron chi connectivity index (χ3n) is 2.17. The van der Waals surface area contributed by atoms with Crippen molar-refractivity contribution in [3.8, 4) is 0 Å². The molecule has 0 radical (unpaired) electrons. The summed E-state index contributed by atoms with van der Waals surface area (Å²) in [7, 11) is 0. The van der Waals surface area contributed by atoms with Gasteiger partial charge in [-0.3, -0.25) is 4.98 Å². The van der Waals surface area contributed by atoms with Crippen LogP contribution < -0.4 is 5.32 Å². The molecule has 0 saturated heterocycles.